The highest BCUT2D eigenvalue weighted by Crippen LogP contribution is 2.37. The number of aryl methyl sites for hydroxylation is 1. The molecule has 0 saturated carbocycles. The first-order chi connectivity index (χ1) is 21.7. The molecule has 4 nitrogen and oxygen atoms in total. The van der Waals surface area contributed by atoms with Crippen LogP contribution in [0.15, 0.2) is 150 Å². The molecule has 0 N–H and O–H groups in total. The number of hydrogen-bond donors (Lipinski definition) is 0. The minimum atomic E-state index is 0.607. The first-order valence-corrected chi connectivity index (χ1v) is 14.7. The van der Waals surface area contributed by atoms with E-state index in [1.165, 1.54) is 5.56 Å². The van der Waals surface area contributed by atoms with Crippen LogP contribution >= 0.6 is 0 Å². The molecule has 44 heavy (non-hydrogen) atoms. The number of nitrogens with zero attached hydrogens (tertiary/aromatic N) is 3. The van der Waals surface area contributed by atoms with Crippen molar-refractivity contribution in [1.29, 1.82) is 0 Å². The van der Waals surface area contributed by atoms with Crippen LogP contribution in [0.5, 0.6) is 0 Å². The summed E-state index contributed by atoms with van der Waals surface area (Å²) in [6, 6.07) is 49.9. The van der Waals surface area contributed by atoms with Crippen molar-refractivity contribution in [2.45, 2.75) is 6.92 Å². The van der Waals surface area contributed by atoms with Gasteiger partial charge in [-0.15, -0.1) is 0 Å². The molecule has 8 aromatic rings. The fourth-order valence-electron chi connectivity index (χ4n) is 5.82. The monoisotopic (exact) mass is 565 g/mol. The van der Waals surface area contributed by atoms with Gasteiger partial charge in [0.25, 0.3) is 0 Å². The molecular weight excluding hydrogens is 538 g/mol. The van der Waals surface area contributed by atoms with Gasteiger partial charge in [-0.1, -0.05) is 121 Å². The van der Waals surface area contributed by atoms with E-state index in [2.05, 4.69) is 122 Å². The van der Waals surface area contributed by atoms with Gasteiger partial charge < -0.3 is 4.42 Å². The van der Waals surface area contributed by atoms with Crippen molar-refractivity contribution in [2.75, 3.05) is 0 Å². The van der Waals surface area contributed by atoms with Crippen LogP contribution in [0, 0.1) is 6.92 Å². The molecule has 4 heteroatoms. The number of hydrogen-bond acceptors (Lipinski definition) is 4. The maximum atomic E-state index is 6.26. The van der Waals surface area contributed by atoms with Gasteiger partial charge in [0.15, 0.2) is 17.5 Å². The first-order valence-electron chi connectivity index (χ1n) is 14.7. The third-order valence-electron chi connectivity index (χ3n) is 7.98. The Kier molecular flexibility index (Phi) is 6.31. The van der Waals surface area contributed by atoms with Crippen LogP contribution in [0.25, 0.3) is 78.4 Å². The average Bonchev–Trinajstić information content (AvgIpc) is 3.47. The van der Waals surface area contributed by atoms with Gasteiger partial charge in [-0.2, -0.15) is 0 Å². The maximum absolute atomic E-state index is 6.26. The van der Waals surface area contributed by atoms with E-state index < -0.39 is 0 Å². The van der Waals surface area contributed by atoms with Gasteiger partial charge in [0, 0.05) is 27.5 Å². The van der Waals surface area contributed by atoms with Crippen LogP contribution in [-0.2, 0) is 0 Å². The van der Waals surface area contributed by atoms with Gasteiger partial charge in [-0.05, 0) is 59.5 Å². The van der Waals surface area contributed by atoms with Gasteiger partial charge in [0.05, 0.1) is 0 Å². The Bertz CT molecular complexity index is 2190. The topological polar surface area (TPSA) is 51.8 Å². The molecule has 0 aliphatic carbocycles. The summed E-state index contributed by atoms with van der Waals surface area (Å²) in [7, 11) is 0. The first kappa shape index (κ1) is 25.8. The van der Waals surface area contributed by atoms with E-state index in [0.29, 0.717) is 17.5 Å². The molecule has 0 spiro atoms. The van der Waals surface area contributed by atoms with Gasteiger partial charge in [0.2, 0.25) is 0 Å². The summed E-state index contributed by atoms with van der Waals surface area (Å²) in [5.41, 5.74) is 10.1. The van der Waals surface area contributed by atoms with Crippen molar-refractivity contribution >= 4 is 21.9 Å². The van der Waals surface area contributed by atoms with Gasteiger partial charge in [-0.3, -0.25) is 0 Å². The van der Waals surface area contributed by atoms with Crippen molar-refractivity contribution in [2.24, 2.45) is 0 Å². The highest BCUT2D eigenvalue weighted by Gasteiger charge is 2.18. The summed E-state index contributed by atoms with van der Waals surface area (Å²) in [6.07, 6.45) is 0. The molecule has 0 fully saturated rings. The predicted molar refractivity (Wildman–Crippen MR) is 179 cm³/mol. The molecule has 0 amide bonds. The average molecular weight is 566 g/mol. The van der Waals surface area contributed by atoms with E-state index >= 15 is 0 Å². The number of furan rings is 1. The van der Waals surface area contributed by atoms with Crippen molar-refractivity contribution in [3.05, 3.63) is 151 Å². The molecule has 2 heterocycles. The van der Waals surface area contributed by atoms with Crippen molar-refractivity contribution in [3.8, 4) is 56.4 Å². The Labute approximate surface area is 255 Å². The molecule has 0 unspecified atom stereocenters. The van der Waals surface area contributed by atoms with E-state index in [1.807, 2.05) is 30.3 Å². The fraction of sp³-hybridized carbons (Fsp3) is 0.0250. The Morgan fingerprint density at radius 2 is 0.932 bits per heavy atom. The summed E-state index contributed by atoms with van der Waals surface area (Å²) in [6.45, 7) is 2.10. The normalized spacial score (nSPS) is 11.3. The number of benzene rings is 6. The molecule has 0 saturated heterocycles. The van der Waals surface area contributed by atoms with Gasteiger partial charge in [0.1, 0.15) is 11.2 Å². The standard InChI is InChI=1S/C40H27N3O/c1-26-21-22-35-34(23-26)37-33(19-10-20-36(37)44-35)40-42-38(31-17-8-15-29(24-31)27-11-4-2-5-12-27)41-39(43-40)32-18-9-16-30(25-32)28-13-6-3-7-14-28/h2-25H,1H3. The van der Waals surface area contributed by atoms with E-state index in [1.54, 1.807) is 0 Å². The summed E-state index contributed by atoms with van der Waals surface area (Å²) >= 11 is 0. The lowest BCUT2D eigenvalue weighted by Gasteiger charge is -2.11. The Morgan fingerprint density at radius 1 is 0.409 bits per heavy atom. The summed E-state index contributed by atoms with van der Waals surface area (Å²) in [5, 5.41) is 2.06. The zero-order valence-electron chi connectivity index (χ0n) is 24.1. The number of aromatic nitrogens is 3. The molecule has 0 aliphatic rings. The molecule has 6 aromatic carbocycles. The molecule has 2 aromatic heterocycles. The smallest absolute Gasteiger partial charge is 0.164 e. The van der Waals surface area contributed by atoms with Crippen LogP contribution in [0.3, 0.4) is 0 Å². The second-order valence-corrected chi connectivity index (χ2v) is 11.0. The highest BCUT2D eigenvalue weighted by atomic mass is 16.3. The third kappa shape index (κ3) is 4.73. The molecule has 0 aliphatic heterocycles. The van der Waals surface area contributed by atoms with Gasteiger partial charge >= 0.3 is 0 Å². The molecule has 0 atom stereocenters. The number of rotatable bonds is 5. The zero-order chi connectivity index (χ0) is 29.5. The van der Waals surface area contributed by atoms with Gasteiger partial charge in [-0.25, -0.2) is 15.0 Å². The van der Waals surface area contributed by atoms with E-state index in [0.717, 1.165) is 60.9 Å². The largest absolute Gasteiger partial charge is 0.456 e. The lowest BCUT2D eigenvalue weighted by atomic mass is 10.0. The Morgan fingerprint density at radius 3 is 1.55 bits per heavy atom. The molecule has 208 valence electrons. The van der Waals surface area contributed by atoms with Crippen LogP contribution in [0.2, 0.25) is 0 Å². The minimum Gasteiger partial charge on any atom is -0.456 e. The van der Waals surface area contributed by atoms with Crippen LogP contribution in [-0.4, -0.2) is 15.0 Å². The summed E-state index contributed by atoms with van der Waals surface area (Å²) in [5.74, 6) is 1.85. The van der Waals surface area contributed by atoms with Crippen LogP contribution < -0.4 is 0 Å². The Balaban J connectivity index is 1.36. The Hall–Kier alpha value is -5.87. The van der Waals surface area contributed by atoms with Crippen LogP contribution in [0.1, 0.15) is 5.56 Å². The molecule has 0 radical (unpaired) electrons. The molecule has 8 rings (SSSR count). The predicted octanol–water partition coefficient (Wildman–Crippen LogP) is 10.4. The lowest BCUT2D eigenvalue weighted by molar-refractivity contribution is 0.669. The third-order valence-corrected chi connectivity index (χ3v) is 7.98. The van der Waals surface area contributed by atoms with Crippen molar-refractivity contribution < 1.29 is 4.42 Å². The van der Waals surface area contributed by atoms with E-state index in [-0.39, 0.29) is 0 Å². The van der Waals surface area contributed by atoms with E-state index in [9.17, 15) is 0 Å². The second-order valence-electron chi connectivity index (χ2n) is 11.0. The SMILES string of the molecule is Cc1ccc2oc3cccc(-c4nc(-c5cccc(-c6ccccc6)c5)nc(-c5cccc(-c6ccccc6)c5)n4)c3c2c1. The quantitative estimate of drug-likeness (QED) is 0.208. The molecular formula is C40H27N3O. The minimum absolute atomic E-state index is 0.607. The summed E-state index contributed by atoms with van der Waals surface area (Å²) in [4.78, 5) is 15.3. The molecule has 0 bridgehead atoms. The highest BCUT2D eigenvalue weighted by molar-refractivity contribution is 6.12. The van der Waals surface area contributed by atoms with E-state index in [4.69, 9.17) is 19.4 Å². The maximum Gasteiger partial charge on any atom is 0.164 e. The zero-order valence-corrected chi connectivity index (χ0v) is 24.1. The second kappa shape index (κ2) is 10.8. The summed E-state index contributed by atoms with van der Waals surface area (Å²) < 4.78 is 6.26. The van der Waals surface area contributed by atoms with Crippen molar-refractivity contribution in [3.63, 3.8) is 0 Å². The lowest BCUT2D eigenvalue weighted by Crippen LogP contribution is -2.00. The number of fused-ring (bicyclic) bond motifs is 3. The fourth-order valence-corrected chi connectivity index (χ4v) is 5.82. The van der Waals surface area contributed by atoms with Crippen LogP contribution in [0.4, 0.5) is 0 Å². The van der Waals surface area contributed by atoms with Crippen molar-refractivity contribution in [1.82, 2.24) is 15.0 Å².